The molecule has 1 N–H and O–H groups in total. The number of nitro groups is 1. The zero-order chi connectivity index (χ0) is 15.4. The Labute approximate surface area is 140 Å². The Morgan fingerprint density at radius 2 is 1.95 bits per heavy atom. The molecule has 0 unspecified atom stereocenters. The highest BCUT2D eigenvalue weighted by Gasteiger charge is 2.10. The lowest BCUT2D eigenvalue weighted by molar-refractivity contribution is -0.385. The Morgan fingerprint density at radius 1 is 1.19 bits per heavy atom. The summed E-state index contributed by atoms with van der Waals surface area (Å²) in [7, 11) is 0. The highest BCUT2D eigenvalue weighted by atomic mass is 79.9. The summed E-state index contributed by atoms with van der Waals surface area (Å²) in [4.78, 5) is 10.5. The summed E-state index contributed by atoms with van der Waals surface area (Å²) in [5.41, 5.74) is 2.13. The molecule has 0 heterocycles. The van der Waals surface area contributed by atoms with Gasteiger partial charge in [-0.15, -0.1) is 0 Å². The largest absolute Gasteiger partial charge is 0.306 e. The van der Waals surface area contributed by atoms with Crippen molar-refractivity contribution in [1.29, 1.82) is 0 Å². The maximum atomic E-state index is 10.9. The molecular formula is C15H14Br2N2O2. The minimum atomic E-state index is -0.383. The summed E-state index contributed by atoms with van der Waals surface area (Å²) >= 11 is 6.76. The van der Waals surface area contributed by atoms with Crippen LogP contribution in [0.25, 0.3) is 0 Å². The van der Waals surface area contributed by atoms with E-state index in [0.717, 1.165) is 15.6 Å². The van der Waals surface area contributed by atoms with E-state index in [4.69, 9.17) is 0 Å². The van der Waals surface area contributed by atoms with Crippen molar-refractivity contribution in [2.24, 2.45) is 0 Å². The van der Waals surface area contributed by atoms with Crippen LogP contribution in [0.15, 0.2) is 51.4 Å². The van der Waals surface area contributed by atoms with Gasteiger partial charge in [0, 0.05) is 33.7 Å². The Bertz CT molecular complexity index is 662. The lowest BCUT2D eigenvalue weighted by atomic mass is 10.1. The SMILES string of the molecule is C[C@H](NCc1cc(Br)cc([N+](=O)[O-])c1)c1cccc(Br)c1. The molecular weight excluding hydrogens is 400 g/mol. The van der Waals surface area contributed by atoms with Gasteiger partial charge in [-0.3, -0.25) is 10.1 Å². The number of non-ortho nitro benzene ring substituents is 1. The fourth-order valence-corrected chi connectivity index (χ4v) is 2.95. The summed E-state index contributed by atoms with van der Waals surface area (Å²) in [6.45, 7) is 2.63. The molecule has 0 aliphatic heterocycles. The number of nitrogens with zero attached hydrogens (tertiary/aromatic N) is 1. The molecule has 1 atom stereocenters. The number of nitro benzene ring substituents is 1. The van der Waals surface area contributed by atoms with Gasteiger partial charge in [-0.2, -0.15) is 0 Å². The average molecular weight is 414 g/mol. The topological polar surface area (TPSA) is 55.2 Å². The van der Waals surface area contributed by atoms with Crippen LogP contribution < -0.4 is 5.32 Å². The van der Waals surface area contributed by atoms with Crippen LogP contribution in [0.5, 0.6) is 0 Å². The third kappa shape index (κ3) is 4.62. The molecule has 6 heteroatoms. The Balaban J connectivity index is 2.07. The van der Waals surface area contributed by atoms with E-state index >= 15 is 0 Å². The molecule has 21 heavy (non-hydrogen) atoms. The minimum Gasteiger partial charge on any atom is -0.306 e. The second kappa shape index (κ2) is 7.15. The minimum absolute atomic E-state index is 0.0938. The molecule has 0 spiro atoms. The van der Waals surface area contributed by atoms with E-state index in [2.05, 4.69) is 50.2 Å². The Kier molecular flexibility index (Phi) is 5.50. The van der Waals surface area contributed by atoms with Crippen LogP contribution in [0, 0.1) is 10.1 Å². The van der Waals surface area contributed by atoms with Crippen LogP contribution in [-0.4, -0.2) is 4.92 Å². The number of hydrogen-bond donors (Lipinski definition) is 1. The molecule has 4 nitrogen and oxygen atoms in total. The van der Waals surface area contributed by atoms with Gasteiger partial charge in [0.2, 0.25) is 0 Å². The normalized spacial score (nSPS) is 12.1. The summed E-state index contributed by atoms with van der Waals surface area (Å²) in [5.74, 6) is 0. The van der Waals surface area contributed by atoms with Gasteiger partial charge in [-0.25, -0.2) is 0 Å². The lowest BCUT2D eigenvalue weighted by Crippen LogP contribution is -2.18. The monoisotopic (exact) mass is 412 g/mol. The van der Waals surface area contributed by atoms with Crippen LogP contribution in [-0.2, 0) is 6.54 Å². The summed E-state index contributed by atoms with van der Waals surface area (Å²) in [5, 5.41) is 14.2. The molecule has 0 bridgehead atoms. The van der Waals surface area contributed by atoms with Gasteiger partial charge in [-0.05, 0) is 36.2 Å². The Hall–Kier alpha value is -1.24. The van der Waals surface area contributed by atoms with Crippen molar-refractivity contribution in [3.63, 3.8) is 0 Å². The van der Waals surface area contributed by atoms with Crippen molar-refractivity contribution >= 4 is 37.5 Å². The fraction of sp³-hybridized carbons (Fsp3) is 0.200. The van der Waals surface area contributed by atoms with Gasteiger partial charge >= 0.3 is 0 Å². The van der Waals surface area contributed by atoms with Crippen molar-refractivity contribution in [2.45, 2.75) is 19.5 Å². The van der Waals surface area contributed by atoms with Crippen molar-refractivity contribution in [1.82, 2.24) is 5.32 Å². The van der Waals surface area contributed by atoms with E-state index < -0.39 is 0 Å². The van der Waals surface area contributed by atoms with E-state index in [1.165, 1.54) is 6.07 Å². The van der Waals surface area contributed by atoms with Crippen molar-refractivity contribution in [2.75, 3.05) is 0 Å². The molecule has 2 aromatic carbocycles. The first kappa shape index (κ1) is 16.1. The Morgan fingerprint density at radius 3 is 2.62 bits per heavy atom. The zero-order valence-electron chi connectivity index (χ0n) is 11.3. The first-order chi connectivity index (χ1) is 9.95. The quantitative estimate of drug-likeness (QED) is 0.556. The standard InChI is InChI=1S/C15H14Br2N2O2/c1-10(12-3-2-4-13(16)7-12)18-9-11-5-14(17)8-15(6-11)19(20)21/h2-8,10,18H,9H2,1H3/t10-/m0/s1. The first-order valence-electron chi connectivity index (χ1n) is 6.38. The molecule has 2 aromatic rings. The third-order valence-corrected chi connectivity index (χ3v) is 4.07. The van der Waals surface area contributed by atoms with E-state index in [-0.39, 0.29) is 16.7 Å². The highest BCUT2D eigenvalue weighted by Crippen LogP contribution is 2.22. The maximum absolute atomic E-state index is 10.9. The molecule has 0 aliphatic rings. The van der Waals surface area contributed by atoms with Crippen molar-refractivity contribution in [3.05, 3.63) is 72.7 Å². The maximum Gasteiger partial charge on any atom is 0.270 e. The van der Waals surface area contributed by atoms with Crippen LogP contribution in [0.4, 0.5) is 5.69 Å². The van der Waals surface area contributed by atoms with Gasteiger partial charge in [0.1, 0.15) is 0 Å². The van der Waals surface area contributed by atoms with Gasteiger partial charge in [-0.1, -0.05) is 44.0 Å². The van der Waals surface area contributed by atoms with E-state index in [1.807, 2.05) is 24.3 Å². The number of hydrogen-bond acceptors (Lipinski definition) is 3. The second-order valence-electron chi connectivity index (χ2n) is 4.73. The van der Waals surface area contributed by atoms with E-state index in [1.54, 1.807) is 6.07 Å². The molecule has 0 amide bonds. The van der Waals surface area contributed by atoms with Crippen LogP contribution in [0.1, 0.15) is 24.1 Å². The van der Waals surface area contributed by atoms with Crippen molar-refractivity contribution < 1.29 is 4.92 Å². The van der Waals surface area contributed by atoms with Crippen molar-refractivity contribution in [3.8, 4) is 0 Å². The van der Waals surface area contributed by atoms with Gasteiger partial charge < -0.3 is 5.32 Å². The highest BCUT2D eigenvalue weighted by molar-refractivity contribution is 9.10. The van der Waals surface area contributed by atoms with Crippen LogP contribution in [0.3, 0.4) is 0 Å². The summed E-state index contributed by atoms with van der Waals surface area (Å²) in [6, 6.07) is 13.2. The molecule has 0 fully saturated rings. The summed E-state index contributed by atoms with van der Waals surface area (Å²) in [6.07, 6.45) is 0. The van der Waals surface area contributed by atoms with Crippen LogP contribution >= 0.6 is 31.9 Å². The second-order valence-corrected chi connectivity index (χ2v) is 6.56. The molecule has 0 saturated heterocycles. The predicted octanol–water partition coefficient (Wildman–Crippen LogP) is 4.97. The zero-order valence-corrected chi connectivity index (χ0v) is 14.5. The number of halogens is 2. The first-order valence-corrected chi connectivity index (χ1v) is 7.97. The van der Waals surface area contributed by atoms with Crippen LogP contribution in [0.2, 0.25) is 0 Å². The average Bonchev–Trinajstić information content (AvgIpc) is 2.44. The smallest absolute Gasteiger partial charge is 0.270 e. The van der Waals surface area contributed by atoms with Gasteiger partial charge in [0.05, 0.1) is 4.92 Å². The van der Waals surface area contributed by atoms with E-state index in [0.29, 0.717) is 11.0 Å². The molecule has 110 valence electrons. The molecule has 0 radical (unpaired) electrons. The van der Waals surface area contributed by atoms with E-state index in [9.17, 15) is 10.1 Å². The lowest BCUT2D eigenvalue weighted by Gasteiger charge is -2.14. The number of rotatable bonds is 5. The number of benzene rings is 2. The summed E-state index contributed by atoms with van der Waals surface area (Å²) < 4.78 is 1.75. The fourth-order valence-electron chi connectivity index (χ4n) is 2.01. The van der Waals surface area contributed by atoms with Gasteiger partial charge in [0.25, 0.3) is 5.69 Å². The molecule has 0 aliphatic carbocycles. The number of nitrogens with one attached hydrogen (secondary N) is 1. The predicted molar refractivity (Wildman–Crippen MR) is 90.2 cm³/mol. The molecule has 0 saturated carbocycles. The molecule has 2 rings (SSSR count). The van der Waals surface area contributed by atoms with Gasteiger partial charge in [0.15, 0.2) is 0 Å². The molecule has 0 aromatic heterocycles. The third-order valence-electron chi connectivity index (χ3n) is 3.11.